The van der Waals surface area contributed by atoms with Gasteiger partial charge in [0.2, 0.25) is 0 Å². The molecule has 1 aliphatic carbocycles. The largest absolute Gasteiger partial charge is 0.0622 e. The Hall–Kier alpha value is -4.94. The molecule has 0 unspecified atom stereocenters. The Balaban J connectivity index is 1.42. The van der Waals surface area contributed by atoms with Crippen molar-refractivity contribution in [3.8, 4) is 44.5 Å². The molecule has 0 aromatic heterocycles. The summed E-state index contributed by atoms with van der Waals surface area (Å²) in [7, 11) is 0. The summed E-state index contributed by atoms with van der Waals surface area (Å²) in [5, 5.41) is 5.27. The van der Waals surface area contributed by atoms with Gasteiger partial charge in [0.25, 0.3) is 0 Å². The molecule has 7 aromatic rings. The average molecular weight is 523 g/mol. The lowest BCUT2D eigenvalue weighted by atomic mass is 9.78. The Kier molecular flexibility index (Phi) is 5.27. The van der Waals surface area contributed by atoms with Crippen LogP contribution in [0.3, 0.4) is 0 Å². The summed E-state index contributed by atoms with van der Waals surface area (Å²) in [4.78, 5) is 0. The summed E-state index contributed by atoms with van der Waals surface area (Å²) in [6, 6.07) is 53.5. The third-order valence-corrected chi connectivity index (χ3v) is 9.04. The van der Waals surface area contributed by atoms with E-state index in [9.17, 15) is 0 Å². The summed E-state index contributed by atoms with van der Waals surface area (Å²) < 4.78 is 0. The topological polar surface area (TPSA) is 0 Å². The number of rotatable bonds is 3. The Bertz CT molecular complexity index is 2080. The Morgan fingerprint density at radius 1 is 0.341 bits per heavy atom. The lowest BCUT2D eigenvalue weighted by molar-refractivity contribution is 0.666. The second-order valence-corrected chi connectivity index (χ2v) is 11.8. The van der Waals surface area contributed by atoms with Crippen molar-refractivity contribution in [1.82, 2.24) is 0 Å². The van der Waals surface area contributed by atoms with Crippen molar-refractivity contribution in [3.05, 3.63) is 157 Å². The molecule has 0 heteroatoms. The summed E-state index contributed by atoms with van der Waals surface area (Å²) in [5.74, 6) is 0. The molecule has 0 saturated carbocycles. The van der Waals surface area contributed by atoms with E-state index in [1.54, 1.807) is 0 Å². The van der Waals surface area contributed by atoms with Crippen molar-refractivity contribution in [2.75, 3.05) is 0 Å². The summed E-state index contributed by atoms with van der Waals surface area (Å²) >= 11 is 0. The maximum atomic E-state index is 2.46. The summed E-state index contributed by atoms with van der Waals surface area (Å²) in [6.07, 6.45) is 0. The van der Waals surface area contributed by atoms with Crippen LogP contribution in [0.15, 0.2) is 146 Å². The SMILES string of the molecule is CC1(C)c2ccc(-c3ccccc3)cc2-c2ccc3c(cc(-c4ccccc4)c4cc(-c5ccccc5)ccc43)c21. The lowest BCUT2D eigenvalue weighted by Gasteiger charge is -2.24. The molecule has 8 rings (SSSR count). The van der Waals surface area contributed by atoms with Crippen LogP contribution in [0.2, 0.25) is 0 Å². The molecule has 0 spiro atoms. The van der Waals surface area contributed by atoms with Crippen molar-refractivity contribution in [2.45, 2.75) is 19.3 Å². The van der Waals surface area contributed by atoms with Gasteiger partial charge in [-0.1, -0.05) is 141 Å². The van der Waals surface area contributed by atoms with Crippen molar-refractivity contribution >= 4 is 21.5 Å². The molecule has 0 heterocycles. The van der Waals surface area contributed by atoms with Crippen molar-refractivity contribution in [1.29, 1.82) is 0 Å². The fourth-order valence-corrected chi connectivity index (χ4v) is 7.05. The summed E-state index contributed by atoms with van der Waals surface area (Å²) in [6.45, 7) is 4.79. The monoisotopic (exact) mass is 522 g/mol. The molecule has 0 aliphatic heterocycles. The van der Waals surface area contributed by atoms with Crippen LogP contribution in [0.1, 0.15) is 25.0 Å². The van der Waals surface area contributed by atoms with E-state index in [-0.39, 0.29) is 5.41 Å². The highest BCUT2D eigenvalue weighted by Crippen LogP contribution is 2.53. The third kappa shape index (κ3) is 3.68. The smallest absolute Gasteiger partial charge is 0.0165 e. The number of hydrogen-bond donors (Lipinski definition) is 0. The Morgan fingerprint density at radius 3 is 1.54 bits per heavy atom. The number of benzene rings is 7. The molecule has 0 fully saturated rings. The van der Waals surface area contributed by atoms with E-state index < -0.39 is 0 Å². The molecule has 0 saturated heterocycles. The first-order chi connectivity index (χ1) is 20.1. The molecule has 1 aliphatic rings. The highest BCUT2D eigenvalue weighted by atomic mass is 14.4. The van der Waals surface area contributed by atoms with Crippen LogP contribution < -0.4 is 0 Å². The predicted molar refractivity (Wildman–Crippen MR) is 175 cm³/mol. The van der Waals surface area contributed by atoms with Crippen LogP contribution in [0.5, 0.6) is 0 Å². The predicted octanol–water partition coefficient (Wildman–Crippen LogP) is 11.3. The molecular weight excluding hydrogens is 492 g/mol. The number of hydrogen-bond acceptors (Lipinski definition) is 0. The van der Waals surface area contributed by atoms with Crippen LogP contribution in [0.25, 0.3) is 66.1 Å². The molecule has 41 heavy (non-hydrogen) atoms. The van der Waals surface area contributed by atoms with E-state index in [1.165, 1.54) is 77.2 Å². The highest BCUT2D eigenvalue weighted by molar-refractivity contribution is 6.17. The molecule has 0 amide bonds. The molecule has 0 nitrogen and oxygen atoms in total. The van der Waals surface area contributed by atoms with E-state index in [2.05, 4.69) is 159 Å². The molecular formula is C41H30. The zero-order chi connectivity index (χ0) is 27.6. The summed E-state index contributed by atoms with van der Waals surface area (Å²) in [5.41, 5.74) is 13.0. The first-order valence-electron chi connectivity index (χ1n) is 14.4. The Labute approximate surface area is 241 Å². The Morgan fingerprint density at radius 2 is 0.878 bits per heavy atom. The molecule has 0 radical (unpaired) electrons. The standard InChI is InChI=1S/C41H30/c1-41(2)39-23-19-31(28-14-8-4-9-15-28)25-37(39)34-22-21-33-32-20-18-30(27-12-6-3-7-13-27)24-36(32)35(26-38(33)40(34)41)29-16-10-5-11-17-29/h3-26H,1-2H3. The average Bonchev–Trinajstić information content (AvgIpc) is 3.27. The van der Waals surface area contributed by atoms with Gasteiger partial charge in [0.15, 0.2) is 0 Å². The fourth-order valence-electron chi connectivity index (χ4n) is 7.05. The van der Waals surface area contributed by atoms with Crippen molar-refractivity contribution < 1.29 is 0 Å². The third-order valence-electron chi connectivity index (χ3n) is 9.04. The van der Waals surface area contributed by atoms with Gasteiger partial charge in [0, 0.05) is 5.41 Å². The lowest BCUT2D eigenvalue weighted by Crippen LogP contribution is -2.15. The molecule has 7 aromatic carbocycles. The minimum atomic E-state index is -0.106. The van der Waals surface area contributed by atoms with E-state index in [0.717, 1.165) is 0 Å². The molecule has 0 atom stereocenters. The van der Waals surface area contributed by atoms with Crippen LogP contribution in [-0.2, 0) is 5.41 Å². The van der Waals surface area contributed by atoms with Gasteiger partial charge in [-0.25, -0.2) is 0 Å². The minimum absolute atomic E-state index is 0.106. The van der Waals surface area contributed by atoms with Gasteiger partial charge in [-0.05, 0) is 95.4 Å². The first-order valence-corrected chi connectivity index (χ1v) is 14.4. The van der Waals surface area contributed by atoms with Crippen LogP contribution in [-0.4, -0.2) is 0 Å². The van der Waals surface area contributed by atoms with Gasteiger partial charge in [-0.3, -0.25) is 0 Å². The zero-order valence-corrected chi connectivity index (χ0v) is 23.4. The number of fused-ring (bicyclic) bond motifs is 7. The normalized spacial score (nSPS) is 13.3. The maximum absolute atomic E-state index is 2.46. The first kappa shape index (κ1) is 23.9. The van der Waals surface area contributed by atoms with Crippen LogP contribution >= 0.6 is 0 Å². The van der Waals surface area contributed by atoms with E-state index in [4.69, 9.17) is 0 Å². The van der Waals surface area contributed by atoms with Gasteiger partial charge in [-0.2, -0.15) is 0 Å². The molecule has 0 N–H and O–H groups in total. The molecule has 194 valence electrons. The second-order valence-electron chi connectivity index (χ2n) is 11.8. The maximum Gasteiger partial charge on any atom is 0.0165 e. The van der Waals surface area contributed by atoms with Gasteiger partial charge < -0.3 is 0 Å². The highest BCUT2D eigenvalue weighted by Gasteiger charge is 2.37. The van der Waals surface area contributed by atoms with Gasteiger partial charge in [0.1, 0.15) is 0 Å². The van der Waals surface area contributed by atoms with Crippen LogP contribution in [0, 0.1) is 0 Å². The van der Waals surface area contributed by atoms with Crippen molar-refractivity contribution in [3.63, 3.8) is 0 Å². The van der Waals surface area contributed by atoms with Gasteiger partial charge >= 0.3 is 0 Å². The zero-order valence-electron chi connectivity index (χ0n) is 23.4. The minimum Gasteiger partial charge on any atom is -0.0622 e. The fraction of sp³-hybridized carbons (Fsp3) is 0.0732. The van der Waals surface area contributed by atoms with E-state index >= 15 is 0 Å². The molecule has 0 bridgehead atoms. The second kappa shape index (κ2) is 9.04. The van der Waals surface area contributed by atoms with E-state index in [0.29, 0.717) is 0 Å². The van der Waals surface area contributed by atoms with Gasteiger partial charge in [-0.15, -0.1) is 0 Å². The van der Waals surface area contributed by atoms with Crippen LogP contribution in [0.4, 0.5) is 0 Å². The van der Waals surface area contributed by atoms with Gasteiger partial charge in [0.05, 0.1) is 0 Å². The quantitative estimate of drug-likeness (QED) is 0.202. The van der Waals surface area contributed by atoms with Crippen molar-refractivity contribution in [2.24, 2.45) is 0 Å². The van der Waals surface area contributed by atoms with E-state index in [1.807, 2.05) is 0 Å².